The Hall–Kier alpha value is -2.75. The molecule has 10 nitrogen and oxygen atoms in total. The lowest BCUT2D eigenvalue weighted by Crippen LogP contribution is -2.57. The molecule has 0 bridgehead atoms. The lowest BCUT2D eigenvalue weighted by molar-refractivity contribution is -0.134. The van der Waals surface area contributed by atoms with E-state index in [1.807, 2.05) is 34.6 Å². The van der Waals surface area contributed by atoms with E-state index in [9.17, 15) is 19.2 Å². The largest absolute Gasteiger partial charge is 0.382 e. The summed E-state index contributed by atoms with van der Waals surface area (Å²) in [5, 5.41) is 11.9. The Morgan fingerprint density at radius 3 is 2.00 bits per heavy atom. The summed E-state index contributed by atoms with van der Waals surface area (Å²) >= 11 is 0. The van der Waals surface area contributed by atoms with Crippen molar-refractivity contribution in [3.63, 3.8) is 0 Å². The average Bonchev–Trinajstić information content (AvgIpc) is 3.37. The van der Waals surface area contributed by atoms with Crippen LogP contribution in [0.3, 0.4) is 0 Å². The van der Waals surface area contributed by atoms with Gasteiger partial charge in [-0.15, -0.1) is 0 Å². The normalized spacial score (nSPS) is 16.9. The number of Topliss-reactive ketones (excluding diaryl/α,β-unsaturated/α-hetero) is 1. The van der Waals surface area contributed by atoms with Gasteiger partial charge in [0.2, 0.25) is 11.8 Å². The van der Waals surface area contributed by atoms with E-state index >= 15 is 0 Å². The van der Waals surface area contributed by atoms with Gasteiger partial charge in [0.15, 0.2) is 11.5 Å². The number of carbonyl (C=O) groups excluding carboxylic acids is 4. The van der Waals surface area contributed by atoms with E-state index in [1.165, 1.54) is 13.2 Å². The molecule has 3 amide bonds. The molecule has 0 aliphatic heterocycles. The predicted molar refractivity (Wildman–Crippen MR) is 129 cm³/mol. The molecule has 0 aromatic carbocycles. The fraction of sp³-hybridized carbons (Fsp3) is 0.720. The Kier molecular flexibility index (Phi) is 10.00. The van der Waals surface area contributed by atoms with Crippen LogP contribution in [0.15, 0.2) is 10.6 Å². The van der Waals surface area contributed by atoms with E-state index in [0.29, 0.717) is 18.6 Å². The first-order valence-corrected chi connectivity index (χ1v) is 12.2. The maximum Gasteiger partial charge on any atom is 0.274 e. The molecule has 2 rings (SSSR count). The molecule has 3 atom stereocenters. The Morgan fingerprint density at radius 2 is 1.51 bits per heavy atom. The number of nitrogens with one attached hydrogen (secondary N) is 3. The zero-order valence-corrected chi connectivity index (χ0v) is 21.9. The van der Waals surface area contributed by atoms with Crippen molar-refractivity contribution in [2.75, 3.05) is 13.7 Å². The van der Waals surface area contributed by atoms with E-state index in [1.54, 1.807) is 6.92 Å². The van der Waals surface area contributed by atoms with Crippen LogP contribution in [-0.2, 0) is 19.1 Å². The highest BCUT2D eigenvalue weighted by atomic mass is 16.5. The minimum absolute atomic E-state index is 0.0231. The van der Waals surface area contributed by atoms with Crippen molar-refractivity contribution in [3.05, 3.63) is 17.5 Å². The molecule has 0 radical (unpaired) electrons. The number of aromatic nitrogens is 1. The molecular weight excluding hydrogens is 452 g/mol. The third-order valence-electron chi connectivity index (χ3n) is 6.09. The van der Waals surface area contributed by atoms with E-state index in [-0.39, 0.29) is 35.3 Å². The maximum absolute atomic E-state index is 13.1. The minimum atomic E-state index is -1.03. The number of carbonyl (C=O) groups is 4. The summed E-state index contributed by atoms with van der Waals surface area (Å²) < 4.78 is 10.1. The van der Waals surface area contributed by atoms with Gasteiger partial charge in [0.05, 0.1) is 12.6 Å². The first-order chi connectivity index (χ1) is 16.4. The number of aryl methyl sites for hydroxylation is 1. The fourth-order valence-electron chi connectivity index (χ4n) is 3.86. The fourth-order valence-corrected chi connectivity index (χ4v) is 3.86. The van der Waals surface area contributed by atoms with Crippen molar-refractivity contribution in [2.45, 2.75) is 85.4 Å². The molecule has 10 heteroatoms. The molecule has 35 heavy (non-hydrogen) atoms. The molecule has 3 N–H and O–H groups in total. The van der Waals surface area contributed by atoms with Crippen molar-refractivity contribution in [2.24, 2.45) is 17.3 Å². The van der Waals surface area contributed by atoms with Gasteiger partial charge in [-0.3, -0.25) is 19.2 Å². The Bertz CT molecular complexity index is 906. The lowest BCUT2D eigenvalue weighted by Gasteiger charge is -2.27. The molecule has 1 saturated carbocycles. The number of ether oxygens (including phenoxy) is 1. The van der Waals surface area contributed by atoms with Gasteiger partial charge in [-0.2, -0.15) is 0 Å². The van der Waals surface area contributed by atoms with Crippen LogP contribution in [0.25, 0.3) is 0 Å². The molecule has 1 fully saturated rings. The molecule has 0 spiro atoms. The minimum Gasteiger partial charge on any atom is -0.382 e. The average molecular weight is 493 g/mol. The van der Waals surface area contributed by atoms with Crippen LogP contribution >= 0.6 is 0 Å². The van der Waals surface area contributed by atoms with Crippen LogP contribution in [0.1, 0.15) is 76.6 Å². The van der Waals surface area contributed by atoms with Crippen LogP contribution in [0, 0.1) is 24.2 Å². The van der Waals surface area contributed by atoms with Crippen LogP contribution in [0.4, 0.5) is 0 Å². The second kappa shape index (κ2) is 12.3. The van der Waals surface area contributed by atoms with Crippen LogP contribution in [0.5, 0.6) is 0 Å². The van der Waals surface area contributed by atoms with Crippen molar-refractivity contribution in [3.8, 4) is 0 Å². The predicted octanol–water partition coefficient (Wildman–Crippen LogP) is 2.16. The summed E-state index contributed by atoms with van der Waals surface area (Å²) in [7, 11) is 1.43. The molecule has 1 aromatic heterocycles. The Balaban J connectivity index is 2.12. The summed E-state index contributed by atoms with van der Waals surface area (Å²) in [5.41, 5.74) is -0.322. The Morgan fingerprint density at radius 1 is 0.971 bits per heavy atom. The zero-order valence-electron chi connectivity index (χ0n) is 21.9. The Labute approximate surface area is 207 Å². The quantitative estimate of drug-likeness (QED) is 0.361. The number of amides is 3. The van der Waals surface area contributed by atoms with Gasteiger partial charge < -0.3 is 25.2 Å². The van der Waals surface area contributed by atoms with Crippen LogP contribution in [0.2, 0.25) is 0 Å². The smallest absolute Gasteiger partial charge is 0.274 e. The van der Waals surface area contributed by atoms with Gasteiger partial charge >= 0.3 is 0 Å². The van der Waals surface area contributed by atoms with Crippen LogP contribution in [-0.4, -0.2) is 60.5 Å². The third kappa shape index (κ3) is 8.45. The first kappa shape index (κ1) is 28.5. The molecule has 0 saturated heterocycles. The van der Waals surface area contributed by atoms with Gasteiger partial charge in [0, 0.05) is 18.6 Å². The van der Waals surface area contributed by atoms with Gasteiger partial charge in [0.25, 0.3) is 5.91 Å². The molecule has 1 aliphatic rings. The molecule has 196 valence electrons. The van der Waals surface area contributed by atoms with Gasteiger partial charge in [-0.05, 0) is 44.4 Å². The summed E-state index contributed by atoms with van der Waals surface area (Å²) in [6.07, 6.45) is 2.49. The summed E-state index contributed by atoms with van der Waals surface area (Å²) in [4.78, 5) is 51.8. The number of ketones is 1. The van der Waals surface area contributed by atoms with Crippen molar-refractivity contribution < 1.29 is 28.4 Å². The number of methoxy groups -OCH3 is 1. The van der Waals surface area contributed by atoms with Gasteiger partial charge in [-0.1, -0.05) is 39.8 Å². The monoisotopic (exact) mass is 492 g/mol. The number of hydrogen-bond donors (Lipinski definition) is 3. The summed E-state index contributed by atoms with van der Waals surface area (Å²) in [6, 6.07) is -1.08. The highest BCUT2D eigenvalue weighted by Gasteiger charge is 2.48. The zero-order chi connectivity index (χ0) is 26.3. The van der Waals surface area contributed by atoms with Gasteiger partial charge in [0.1, 0.15) is 17.8 Å². The molecule has 1 heterocycles. The standard InChI is InChI=1S/C25H40N4O6/c1-14(2)10-17(21(30)25(6)8-9-25)26-24(33)20(13-34-7)28-22(31)18(11-15(3)4)27-23(32)19-12-16(5)35-29-19/h12,14-15,17-18,20H,8-11,13H2,1-7H3,(H,26,33)(H,27,32)(H,28,31)/t17-,18-,20-/m0/s1. The number of rotatable bonds is 14. The maximum atomic E-state index is 13.1. The highest BCUT2D eigenvalue weighted by molar-refractivity contribution is 5.98. The van der Waals surface area contributed by atoms with E-state index in [4.69, 9.17) is 9.26 Å². The lowest BCUT2D eigenvalue weighted by atomic mass is 9.91. The van der Waals surface area contributed by atoms with E-state index < -0.39 is 35.8 Å². The molecule has 1 aliphatic carbocycles. The number of nitrogens with zero attached hydrogens (tertiary/aromatic N) is 1. The highest BCUT2D eigenvalue weighted by Crippen LogP contribution is 2.47. The first-order valence-electron chi connectivity index (χ1n) is 12.2. The van der Waals surface area contributed by atoms with E-state index in [0.717, 1.165) is 12.8 Å². The van der Waals surface area contributed by atoms with Gasteiger partial charge in [-0.25, -0.2) is 0 Å². The van der Waals surface area contributed by atoms with Crippen molar-refractivity contribution >= 4 is 23.5 Å². The van der Waals surface area contributed by atoms with Crippen LogP contribution < -0.4 is 16.0 Å². The van der Waals surface area contributed by atoms with E-state index in [2.05, 4.69) is 21.1 Å². The number of hydrogen-bond acceptors (Lipinski definition) is 7. The van der Waals surface area contributed by atoms with Crippen molar-refractivity contribution in [1.82, 2.24) is 21.1 Å². The second-order valence-electron chi connectivity index (χ2n) is 10.6. The molecule has 1 aromatic rings. The third-order valence-corrected chi connectivity index (χ3v) is 6.09. The summed E-state index contributed by atoms with van der Waals surface area (Å²) in [6.45, 7) is 11.3. The van der Waals surface area contributed by atoms with Crippen molar-refractivity contribution in [1.29, 1.82) is 0 Å². The summed E-state index contributed by atoms with van der Waals surface area (Å²) in [5.74, 6) is -0.775. The second-order valence-corrected chi connectivity index (χ2v) is 10.6. The molecule has 0 unspecified atom stereocenters. The SMILES string of the molecule is COC[C@H](NC(=O)[C@H](CC(C)C)NC(=O)c1cc(C)on1)C(=O)N[C@@H](CC(C)C)C(=O)C1(C)CC1. The topological polar surface area (TPSA) is 140 Å². The molecular formula is C25H40N4O6.